The van der Waals surface area contributed by atoms with Gasteiger partial charge in [0, 0.05) is 13.1 Å². The van der Waals surface area contributed by atoms with Crippen LogP contribution in [0.4, 0.5) is 4.79 Å². The highest BCUT2D eigenvalue weighted by Gasteiger charge is 2.34. The molecule has 98 valence electrons. The molecule has 0 aromatic heterocycles. The Labute approximate surface area is 115 Å². The first kappa shape index (κ1) is 13.5. The molecular formula is C15H21NOS. The van der Waals surface area contributed by atoms with Crippen molar-refractivity contribution in [3.8, 4) is 0 Å². The molecule has 3 heteroatoms. The molecule has 0 spiro atoms. The zero-order valence-electron chi connectivity index (χ0n) is 11.1. The molecule has 1 amide bonds. The van der Waals surface area contributed by atoms with E-state index in [0.717, 1.165) is 25.9 Å². The zero-order chi connectivity index (χ0) is 13.2. The van der Waals surface area contributed by atoms with E-state index in [2.05, 4.69) is 56.8 Å². The minimum atomic E-state index is -0.0917. The highest BCUT2D eigenvalue weighted by atomic mass is 32.1. The quantitative estimate of drug-likeness (QED) is 0.806. The maximum Gasteiger partial charge on any atom is 0.278 e. The Kier molecular flexibility index (Phi) is 4.00. The van der Waals surface area contributed by atoms with Crippen molar-refractivity contribution in [3.63, 3.8) is 0 Å². The van der Waals surface area contributed by atoms with E-state index in [4.69, 9.17) is 0 Å². The normalized spacial score (nSPS) is 17.8. The summed E-state index contributed by atoms with van der Waals surface area (Å²) >= 11 is 3.90. The van der Waals surface area contributed by atoms with Crippen molar-refractivity contribution in [2.45, 2.75) is 32.1 Å². The Morgan fingerprint density at radius 1 is 1.22 bits per heavy atom. The Morgan fingerprint density at radius 2 is 1.78 bits per heavy atom. The molecule has 1 fully saturated rings. The number of hydrogen-bond donors (Lipinski definition) is 1. The molecule has 0 atom stereocenters. The SMILES string of the molecule is CC(C)(c1ccccc1)C1CCN(C(=O)S)CC1. The number of benzene rings is 1. The van der Waals surface area contributed by atoms with E-state index in [0.29, 0.717) is 5.92 Å². The molecule has 1 aromatic carbocycles. The summed E-state index contributed by atoms with van der Waals surface area (Å²) in [6, 6.07) is 10.7. The summed E-state index contributed by atoms with van der Waals surface area (Å²) in [5.74, 6) is 0.629. The third-order valence-corrected chi connectivity index (χ3v) is 4.59. The molecule has 0 aliphatic carbocycles. The Bertz CT molecular complexity index is 408. The molecule has 1 saturated heterocycles. The second-order valence-electron chi connectivity index (χ2n) is 5.63. The van der Waals surface area contributed by atoms with E-state index in [-0.39, 0.29) is 10.7 Å². The molecule has 0 bridgehead atoms. The number of carbonyl (C=O) groups excluding carboxylic acids is 1. The monoisotopic (exact) mass is 263 g/mol. The number of likely N-dealkylation sites (tertiary alicyclic amines) is 1. The summed E-state index contributed by atoms with van der Waals surface area (Å²) < 4.78 is 0. The van der Waals surface area contributed by atoms with Crippen molar-refractivity contribution in [1.29, 1.82) is 0 Å². The van der Waals surface area contributed by atoms with Crippen LogP contribution in [0.1, 0.15) is 32.3 Å². The van der Waals surface area contributed by atoms with Gasteiger partial charge in [-0.15, -0.1) is 0 Å². The molecule has 1 aliphatic rings. The molecule has 0 radical (unpaired) electrons. The minimum Gasteiger partial charge on any atom is -0.334 e. The predicted molar refractivity (Wildman–Crippen MR) is 78.1 cm³/mol. The minimum absolute atomic E-state index is 0.0917. The van der Waals surface area contributed by atoms with Crippen molar-refractivity contribution >= 4 is 17.9 Å². The van der Waals surface area contributed by atoms with Crippen LogP contribution in [0.5, 0.6) is 0 Å². The van der Waals surface area contributed by atoms with Crippen LogP contribution in [0, 0.1) is 5.92 Å². The van der Waals surface area contributed by atoms with Crippen molar-refractivity contribution in [2.24, 2.45) is 5.92 Å². The van der Waals surface area contributed by atoms with Gasteiger partial charge < -0.3 is 4.90 Å². The number of amides is 1. The van der Waals surface area contributed by atoms with Gasteiger partial charge in [0.1, 0.15) is 0 Å². The lowest BCUT2D eigenvalue weighted by Crippen LogP contribution is -2.41. The van der Waals surface area contributed by atoms with Gasteiger partial charge in [0.15, 0.2) is 0 Å². The number of nitrogens with zero attached hydrogens (tertiary/aromatic N) is 1. The number of thiol groups is 1. The fourth-order valence-electron chi connectivity index (χ4n) is 2.90. The molecule has 0 saturated carbocycles. The summed E-state index contributed by atoms with van der Waals surface area (Å²) in [5, 5.41) is -0.0917. The van der Waals surface area contributed by atoms with E-state index in [1.54, 1.807) is 0 Å². The summed E-state index contributed by atoms with van der Waals surface area (Å²) in [4.78, 5) is 13.0. The van der Waals surface area contributed by atoms with E-state index in [1.807, 2.05) is 4.90 Å². The average Bonchev–Trinajstić information content (AvgIpc) is 2.40. The second-order valence-corrected chi connectivity index (χ2v) is 6.01. The molecule has 0 unspecified atom stereocenters. The van der Waals surface area contributed by atoms with Crippen molar-refractivity contribution in [2.75, 3.05) is 13.1 Å². The Hall–Kier alpha value is -0.960. The van der Waals surface area contributed by atoms with Gasteiger partial charge in [-0.3, -0.25) is 4.79 Å². The van der Waals surface area contributed by atoms with Crippen LogP contribution < -0.4 is 0 Å². The summed E-state index contributed by atoms with van der Waals surface area (Å²) in [6.45, 7) is 6.29. The molecule has 0 N–H and O–H groups in total. The number of carbonyl (C=O) groups is 1. The molecule has 18 heavy (non-hydrogen) atoms. The van der Waals surface area contributed by atoms with Gasteiger partial charge in [0.2, 0.25) is 0 Å². The van der Waals surface area contributed by atoms with E-state index in [1.165, 1.54) is 5.56 Å². The molecule has 2 nitrogen and oxygen atoms in total. The lowest BCUT2D eigenvalue weighted by Gasteiger charge is -2.40. The van der Waals surface area contributed by atoms with Crippen LogP contribution >= 0.6 is 12.6 Å². The summed E-state index contributed by atoms with van der Waals surface area (Å²) in [6.07, 6.45) is 2.13. The third kappa shape index (κ3) is 2.72. The van der Waals surface area contributed by atoms with Gasteiger partial charge in [-0.05, 0) is 29.7 Å². The van der Waals surface area contributed by atoms with Gasteiger partial charge in [0.05, 0.1) is 0 Å². The number of rotatable bonds is 2. The Morgan fingerprint density at radius 3 is 2.28 bits per heavy atom. The van der Waals surface area contributed by atoms with Gasteiger partial charge in [-0.1, -0.05) is 56.8 Å². The van der Waals surface area contributed by atoms with Crippen molar-refractivity contribution in [1.82, 2.24) is 4.90 Å². The van der Waals surface area contributed by atoms with E-state index >= 15 is 0 Å². The van der Waals surface area contributed by atoms with Crippen LogP contribution in [0.2, 0.25) is 0 Å². The van der Waals surface area contributed by atoms with Gasteiger partial charge in [-0.25, -0.2) is 0 Å². The Balaban J connectivity index is 2.07. The number of piperidine rings is 1. The highest BCUT2D eigenvalue weighted by molar-refractivity contribution is 7.96. The van der Waals surface area contributed by atoms with Gasteiger partial charge >= 0.3 is 0 Å². The highest BCUT2D eigenvalue weighted by Crippen LogP contribution is 2.38. The molecule has 1 heterocycles. The molecule has 2 rings (SSSR count). The predicted octanol–water partition coefficient (Wildman–Crippen LogP) is 3.73. The lowest BCUT2D eigenvalue weighted by molar-refractivity contribution is 0.161. The van der Waals surface area contributed by atoms with Crippen LogP contribution in [-0.4, -0.2) is 23.2 Å². The van der Waals surface area contributed by atoms with Gasteiger partial charge in [-0.2, -0.15) is 0 Å². The molecular weight excluding hydrogens is 242 g/mol. The first-order valence-electron chi connectivity index (χ1n) is 6.55. The number of hydrogen-bond acceptors (Lipinski definition) is 1. The lowest BCUT2D eigenvalue weighted by atomic mass is 9.69. The average molecular weight is 263 g/mol. The largest absolute Gasteiger partial charge is 0.334 e. The first-order valence-corrected chi connectivity index (χ1v) is 7.00. The van der Waals surface area contributed by atoms with E-state index in [9.17, 15) is 4.79 Å². The van der Waals surface area contributed by atoms with Crippen LogP contribution in [0.3, 0.4) is 0 Å². The molecule has 1 aliphatic heterocycles. The third-order valence-electron chi connectivity index (χ3n) is 4.30. The smallest absolute Gasteiger partial charge is 0.278 e. The van der Waals surface area contributed by atoms with Crippen molar-refractivity contribution < 1.29 is 4.79 Å². The fourth-order valence-corrected chi connectivity index (χ4v) is 3.10. The second kappa shape index (κ2) is 5.35. The van der Waals surface area contributed by atoms with Crippen LogP contribution in [-0.2, 0) is 5.41 Å². The maximum absolute atomic E-state index is 11.2. The van der Waals surface area contributed by atoms with Crippen LogP contribution in [0.25, 0.3) is 0 Å². The topological polar surface area (TPSA) is 20.3 Å². The van der Waals surface area contributed by atoms with Crippen molar-refractivity contribution in [3.05, 3.63) is 35.9 Å². The first-order chi connectivity index (χ1) is 8.51. The van der Waals surface area contributed by atoms with Gasteiger partial charge in [0.25, 0.3) is 5.24 Å². The summed E-state index contributed by atoms with van der Waals surface area (Å²) in [5.41, 5.74) is 1.56. The fraction of sp³-hybridized carbons (Fsp3) is 0.533. The summed E-state index contributed by atoms with van der Waals surface area (Å²) in [7, 11) is 0. The van der Waals surface area contributed by atoms with Crippen LogP contribution in [0.15, 0.2) is 30.3 Å². The van der Waals surface area contributed by atoms with E-state index < -0.39 is 0 Å². The maximum atomic E-state index is 11.2. The zero-order valence-corrected chi connectivity index (χ0v) is 12.0. The molecule has 1 aromatic rings. The standard InChI is InChI=1S/C15H21NOS/c1-15(2,12-6-4-3-5-7-12)13-8-10-16(11-9-13)14(17)18/h3-7,13H,8-11H2,1-2H3,(H,17,18).